The molecule has 90 valence electrons. The molecule has 0 aliphatic heterocycles. The summed E-state index contributed by atoms with van der Waals surface area (Å²) in [4.78, 5) is 0. The van der Waals surface area contributed by atoms with Gasteiger partial charge < -0.3 is 10.6 Å². The minimum Gasteiger partial charge on any atom is -0.383 e. The second-order valence-electron chi connectivity index (χ2n) is 5.03. The van der Waals surface area contributed by atoms with E-state index in [0.717, 1.165) is 13.1 Å². The molecule has 2 aromatic rings. The smallest absolute Gasteiger partial charge is 0.0529 e. The molecule has 3 heteroatoms. The van der Waals surface area contributed by atoms with Gasteiger partial charge >= 0.3 is 0 Å². The van der Waals surface area contributed by atoms with Crippen LogP contribution in [-0.2, 0) is 0 Å². The fourth-order valence-corrected chi connectivity index (χ4v) is 3.28. The van der Waals surface area contributed by atoms with Crippen molar-refractivity contribution in [3.63, 3.8) is 0 Å². The van der Waals surface area contributed by atoms with Gasteiger partial charge in [-0.2, -0.15) is 0 Å². The number of benzene rings is 1. The van der Waals surface area contributed by atoms with Gasteiger partial charge in [-0.05, 0) is 26.0 Å². The van der Waals surface area contributed by atoms with E-state index in [-0.39, 0.29) is 0 Å². The van der Waals surface area contributed by atoms with Crippen LogP contribution in [0.5, 0.6) is 0 Å². The Labute approximate surface area is 106 Å². The lowest BCUT2D eigenvalue weighted by Gasteiger charge is -2.15. The van der Waals surface area contributed by atoms with Gasteiger partial charge in [0, 0.05) is 34.0 Å². The van der Waals surface area contributed by atoms with Crippen LogP contribution in [0.1, 0.15) is 12.8 Å². The Morgan fingerprint density at radius 3 is 2.82 bits per heavy atom. The number of fused-ring (bicyclic) bond motifs is 1. The molecule has 0 saturated heterocycles. The van der Waals surface area contributed by atoms with Crippen LogP contribution in [0.15, 0.2) is 29.6 Å². The van der Waals surface area contributed by atoms with E-state index in [1.54, 1.807) is 0 Å². The zero-order chi connectivity index (χ0) is 11.7. The van der Waals surface area contributed by atoms with Gasteiger partial charge in [0.15, 0.2) is 0 Å². The van der Waals surface area contributed by atoms with Crippen LogP contribution in [0.3, 0.4) is 0 Å². The summed E-state index contributed by atoms with van der Waals surface area (Å²) in [7, 11) is 2.04. The average molecular weight is 246 g/mol. The van der Waals surface area contributed by atoms with E-state index < -0.39 is 0 Å². The first-order valence-corrected chi connectivity index (χ1v) is 7.06. The second kappa shape index (κ2) is 4.31. The first kappa shape index (κ1) is 11.1. The second-order valence-corrected chi connectivity index (χ2v) is 5.94. The summed E-state index contributed by atoms with van der Waals surface area (Å²) in [5.74, 6) is 0. The number of thiophene rings is 1. The minimum atomic E-state index is 0.512. The van der Waals surface area contributed by atoms with E-state index in [9.17, 15) is 0 Å². The van der Waals surface area contributed by atoms with E-state index in [1.165, 1.54) is 28.6 Å². The molecular formula is C14H18N2S. The normalized spacial score (nSPS) is 17.2. The Balaban J connectivity index is 1.73. The van der Waals surface area contributed by atoms with E-state index in [4.69, 9.17) is 0 Å². The van der Waals surface area contributed by atoms with Crippen molar-refractivity contribution in [3.05, 3.63) is 29.6 Å². The van der Waals surface area contributed by atoms with Gasteiger partial charge in [0.1, 0.15) is 0 Å². The predicted octanol–water partition coefficient (Wildman–Crippen LogP) is 3.31. The fourth-order valence-electron chi connectivity index (χ4n) is 2.37. The molecule has 1 aliphatic carbocycles. The number of hydrogen-bond acceptors (Lipinski definition) is 3. The molecule has 0 atom stereocenters. The summed E-state index contributed by atoms with van der Waals surface area (Å²) in [6.07, 6.45) is 2.70. The molecule has 0 spiro atoms. The average Bonchev–Trinajstić information content (AvgIpc) is 3.00. The zero-order valence-corrected chi connectivity index (χ0v) is 10.9. The van der Waals surface area contributed by atoms with Crippen LogP contribution in [0.25, 0.3) is 10.1 Å². The number of nitrogens with one attached hydrogen (secondary N) is 2. The number of hydrogen-bond donors (Lipinski definition) is 2. The minimum absolute atomic E-state index is 0.512. The molecule has 17 heavy (non-hydrogen) atoms. The lowest BCUT2D eigenvalue weighted by Crippen LogP contribution is -2.26. The van der Waals surface area contributed by atoms with Crippen LogP contribution < -0.4 is 10.6 Å². The van der Waals surface area contributed by atoms with Crippen molar-refractivity contribution < 1.29 is 0 Å². The molecular weight excluding hydrogens is 228 g/mol. The molecule has 1 heterocycles. The van der Waals surface area contributed by atoms with Crippen molar-refractivity contribution in [1.82, 2.24) is 5.32 Å². The van der Waals surface area contributed by atoms with Gasteiger partial charge in [-0.1, -0.05) is 18.2 Å². The van der Waals surface area contributed by atoms with Crippen molar-refractivity contribution in [1.29, 1.82) is 0 Å². The van der Waals surface area contributed by atoms with Gasteiger partial charge in [-0.3, -0.25) is 0 Å². The highest BCUT2D eigenvalue weighted by atomic mass is 32.1. The molecule has 1 fully saturated rings. The zero-order valence-electron chi connectivity index (χ0n) is 10.1. The predicted molar refractivity (Wildman–Crippen MR) is 75.9 cm³/mol. The molecule has 1 aromatic carbocycles. The summed E-state index contributed by atoms with van der Waals surface area (Å²) >= 11 is 1.82. The van der Waals surface area contributed by atoms with Crippen LogP contribution in [0, 0.1) is 5.41 Å². The third kappa shape index (κ3) is 2.17. The van der Waals surface area contributed by atoms with E-state index in [0.29, 0.717) is 5.41 Å². The van der Waals surface area contributed by atoms with Gasteiger partial charge in [0.05, 0.1) is 5.69 Å². The van der Waals surface area contributed by atoms with Gasteiger partial charge in [-0.25, -0.2) is 0 Å². The SMILES string of the molecule is CNCC1(CNc2csc3ccccc23)CC1. The Hall–Kier alpha value is -1.06. The summed E-state index contributed by atoms with van der Waals surface area (Å²) in [5, 5.41) is 10.5. The molecule has 3 rings (SSSR count). The molecule has 1 aliphatic rings. The molecule has 0 bridgehead atoms. The lowest BCUT2D eigenvalue weighted by atomic mass is 10.1. The van der Waals surface area contributed by atoms with E-state index in [1.807, 2.05) is 18.4 Å². The monoisotopic (exact) mass is 246 g/mol. The Morgan fingerprint density at radius 1 is 1.24 bits per heavy atom. The molecule has 2 nitrogen and oxygen atoms in total. The third-order valence-electron chi connectivity index (χ3n) is 3.64. The highest BCUT2D eigenvalue weighted by Gasteiger charge is 2.41. The maximum absolute atomic E-state index is 3.63. The van der Waals surface area contributed by atoms with Crippen molar-refractivity contribution in [2.24, 2.45) is 5.41 Å². The fraction of sp³-hybridized carbons (Fsp3) is 0.429. The van der Waals surface area contributed by atoms with Crippen molar-refractivity contribution >= 4 is 27.1 Å². The molecule has 0 unspecified atom stereocenters. The molecule has 0 amide bonds. The summed E-state index contributed by atoms with van der Waals surface area (Å²) in [6.45, 7) is 2.22. The molecule has 2 N–H and O–H groups in total. The Kier molecular flexibility index (Phi) is 2.81. The quantitative estimate of drug-likeness (QED) is 0.845. The van der Waals surface area contributed by atoms with Crippen LogP contribution in [-0.4, -0.2) is 20.1 Å². The van der Waals surface area contributed by atoms with Crippen molar-refractivity contribution in [2.45, 2.75) is 12.8 Å². The molecule has 1 aromatic heterocycles. The highest BCUT2D eigenvalue weighted by molar-refractivity contribution is 7.17. The number of anilines is 1. The molecule has 1 saturated carbocycles. The summed E-state index contributed by atoms with van der Waals surface area (Å²) in [6, 6.07) is 8.60. The van der Waals surface area contributed by atoms with Crippen molar-refractivity contribution in [2.75, 3.05) is 25.5 Å². The largest absolute Gasteiger partial charge is 0.383 e. The van der Waals surface area contributed by atoms with E-state index in [2.05, 4.69) is 40.3 Å². The highest BCUT2D eigenvalue weighted by Crippen LogP contribution is 2.45. The standard InChI is InChI=1S/C14H18N2S/c1-15-9-14(6-7-14)10-16-12-8-17-13-5-3-2-4-11(12)13/h2-5,8,15-16H,6-7,9-10H2,1H3. The van der Waals surface area contributed by atoms with Crippen molar-refractivity contribution in [3.8, 4) is 0 Å². The van der Waals surface area contributed by atoms with Gasteiger partial charge in [0.25, 0.3) is 0 Å². The van der Waals surface area contributed by atoms with Gasteiger partial charge in [0.2, 0.25) is 0 Å². The number of rotatable bonds is 5. The van der Waals surface area contributed by atoms with Crippen LogP contribution in [0.4, 0.5) is 5.69 Å². The lowest BCUT2D eigenvalue weighted by molar-refractivity contribution is 0.507. The van der Waals surface area contributed by atoms with Crippen LogP contribution >= 0.6 is 11.3 Å². The first-order chi connectivity index (χ1) is 8.33. The Bertz CT molecular complexity index is 514. The third-order valence-corrected chi connectivity index (χ3v) is 4.61. The topological polar surface area (TPSA) is 24.1 Å². The summed E-state index contributed by atoms with van der Waals surface area (Å²) < 4.78 is 1.37. The maximum atomic E-state index is 3.63. The van der Waals surface area contributed by atoms with Gasteiger partial charge in [-0.15, -0.1) is 11.3 Å². The first-order valence-electron chi connectivity index (χ1n) is 6.18. The summed E-state index contributed by atoms with van der Waals surface area (Å²) in [5.41, 5.74) is 1.81. The van der Waals surface area contributed by atoms with Crippen LogP contribution in [0.2, 0.25) is 0 Å². The van der Waals surface area contributed by atoms with E-state index >= 15 is 0 Å². The molecule has 0 radical (unpaired) electrons. The Morgan fingerprint density at radius 2 is 2.06 bits per heavy atom. The maximum Gasteiger partial charge on any atom is 0.0529 e.